The Labute approximate surface area is 185 Å². The van der Waals surface area contributed by atoms with Crippen LogP contribution in [0, 0.1) is 0 Å². The van der Waals surface area contributed by atoms with E-state index in [9.17, 15) is 19.8 Å². The van der Waals surface area contributed by atoms with Crippen LogP contribution in [0.2, 0.25) is 0 Å². The molecule has 2 rings (SSSR count). The van der Waals surface area contributed by atoms with Crippen LogP contribution >= 0.6 is 0 Å². The van der Waals surface area contributed by atoms with E-state index in [1.807, 2.05) is 0 Å². The summed E-state index contributed by atoms with van der Waals surface area (Å²) < 4.78 is 9.91. The number of amides is 2. The van der Waals surface area contributed by atoms with Gasteiger partial charge in [0.1, 0.15) is 0 Å². The third kappa shape index (κ3) is 7.98. The van der Waals surface area contributed by atoms with Crippen molar-refractivity contribution < 1.29 is 29.3 Å². The van der Waals surface area contributed by atoms with E-state index < -0.39 is 0 Å². The van der Waals surface area contributed by atoms with Crippen molar-refractivity contribution in [2.45, 2.75) is 25.7 Å². The van der Waals surface area contributed by atoms with E-state index in [4.69, 9.17) is 9.47 Å². The molecule has 0 aliphatic rings. The number of aromatic hydroxyl groups is 2. The number of benzene rings is 2. The predicted octanol–water partition coefficient (Wildman–Crippen LogP) is 2.28. The first kappa shape index (κ1) is 24.2. The van der Waals surface area contributed by atoms with Gasteiger partial charge in [-0.25, -0.2) is 10.9 Å². The molecule has 32 heavy (non-hydrogen) atoms. The third-order valence-corrected chi connectivity index (χ3v) is 4.27. The number of unbranched alkanes of at least 4 members (excludes halogenated alkanes) is 1. The van der Waals surface area contributed by atoms with Gasteiger partial charge in [-0.1, -0.05) is 0 Å². The van der Waals surface area contributed by atoms with Crippen LogP contribution in [0.4, 0.5) is 0 Å². The van der Waals surface area contributed by atoms with Gasteiger partial charge in [0.15, 0.2) is 23.0 Å². The Morgan fingerprint density at radius 2 is 1.22 bits per heavy atom. The molecule has 0 radical (unpaired) electrons. The molecular formula is C22H26N4O6. The van der Waals surface area contributed by atoms with E-state index in [2.05, 4.69) is 21.1 Å². The summed E-state index contributed by atoms with van der Waals surface area (Å²) in [5.41, 5.74) is 6.00. The molecule has 10 nitrogen and oxygen atoms in total. The number of nitrogens with zero attached hydrogens (tertiary/aromatic N) is 2. The van der Waals surface area contributed by atoms with Crippen molar-refractivity contribution in [3.05, 3.63) is 47.5 Å². The fraction of sp³-hybridized carbons (Fsp3) is 0.273. The molecule has 170 valence electrons. The Morgan fingerprint density at radius 1 is 0.812 bits per heavy atom. The van der Waals surface area contributed by atoms with Crippen LogP contribution in [0.15, 0.2) is 46.6 Å². The Hall–Kier alpha value is -4.08. The molecule has 0 saturated carbocycles. The smallest absolute Gasteiger partial charge is 0.240 e. The second-order valence-electron chi connectivity index (χ2n) is 6.66. The first-order chi connectivity index (χ1) is 15.4. The Balaban J connectivity index is 1.63. The van der Waals surface area contributed by atoms with Crippen LogP contribution < -0.4 is 20.3 Å². The lowest BCUT2D eigenvalue weighted by Crippen LogP contribution is -2.19. The van der Waals surface area contributed by atoms with Gasteiger partial charge in [0.25, 0.3) is 0 Å². The molecule has 0 fully saturated rings. The summed E-state index contributed by atoms with van der Waals surface area (Å²) in [6.45, 7) is 0. The van der Waals surface area contributed by atoms with Crippen molar-refractivity contribution >= 4 is 24.2 Å². The first-order valence-electron chi connectivity index (χ1n) is 9.80. The number of ether oxygens (including phenoxy) is 2. The molecule has 2 aromatic carbocycles. The highest BCUT2D eigenvalue weighted by Crippen LogP contribution is 2.26. The van der Waals surface area contributed by atoms with Crippen molar-refractivity contribution in [1.82, 2.24) is 10.9 Å². The molecule has 0 aliphatic heterocycles. The maximum atomic E-state index is 11.8. The summed E-state index contributed by atoms with van der Waals surface area (Å²) in [5.74, 6) is 0.0930. The standard InChI is InChI=1S/C22H26N4O6/c1-31-19-9-7-15(11-17(19)27)13-23-25-21(29)5-3-4-6-22(30)26-24-14-16-8-10-20(32-2)18(28)12-16/h7-14,27-28H,3-6H2,1-2H3,(H,25,29)(H,26,30). The van der Waals surface area contributed by atoms with Crippen LogP contribution in [-0.2, 0) is 9.59 Å². The van der Waals surface area contributed by atoms with Crippen LogP contribution in [0.3, 0.4) is 0 Å². The molecule has 2 aromatic rings. The molecular weight excluding hydrogens is 416 g/mol. The quantitative estimate of drug-likeness (QED) is 0.239. The van der Waals surface area contributed by atoms with Gasteiger partial charge in [0, 0.05) is 12.8 Å². The van der Waals surface area contributed by atoms with Gasteiger partial charge in [-0.2, -0.15) is 10.2 Å². The lowest BCUT2D eigenvalue weighted by atomic mass is 10.2. The zero-order valence-corrected chi connectivity index (χ0v) is 17.9. The van der Waals surface area contributed by atoms with E-state index in [1.54, 1.807) is 24.3 Å². The molecule has 2 amide bonds. The zero-order chi connectivity index (χ0) is 23.3. The predicted molar refractivity (Wildman–Crippen MR) is 119 cm³/mol. The second kappa shape index (κ2) is 12.6. The van der Waals surface area contributed by atoms with Crippen molar-refractivity contribution in [3.8, 4) is 23.0 Å². The number of hydrazone groups is 2. The minimum Gasteiger partial charge on any atom is -0.504 e. The van der Waals surface area contributed by atoms with Gasteiger partial charge in [-0.3, -0.25) is 9.59 Å². The number of rotatable bonds is 11. The molecule has 0 unspecified atom stereocenters. The van der Waals surface area contributed by atoms with Crippen molar-refractivity contribution in [2.24, 2.45) is 10.2 Å². The molecule has 0 spiro atoms. The number of phenolic OH excluding ortho intramolecular Hbond substituents is 2. The summed E-state index contributed by atoms with van der Waals surface area (Å²) in [7, 11) is 2.91. The normalized spacial score (nSPS) is 10.9. The Kier molecular flexibility index (Phi) is 9.51. The van der Waals surface area contributed by atoms with E-state index in [-0.39, 0.29) is 36.2 Å². The van der Waals surface area contributed by atoms with Crippen LogP contribution in [0.1, 0.15) is 36.8 Å². The van der Waals surface area contributed by atoms with Crippen LogP contribution in [0.5, 0.6) is 23.0 Å². The fourth-order valence-electron chi connectivity index (χ4n) is 2.62. The highest BCUT2D eigenvalue weighted by molar-refractivity contribution is 5.84. The summed E-state index contributed by atoms with van der Waals surface area (Å²) in [6, 6.07) is 9.49. The molecule has 10 heteroatoms. The average Bonchev–Trinajstić information content (AvgIpc) is 2.77. The van der Waals surface area contributed by atoms with Crippen LogP contribution in [-0.4, -0.2) is 48.7 Å². The lowest BCUT2D eigenvalue weighted by molar-refractivity contribution is -0.123. The topological polar surface area (TPSA) is 142 Å². The maximum absolute atomic E-state index is 11.8. The Morgan fingerprint density at radius 3 is 1.56 bits per heavy atom. The van der Waals surface area contributed by atoms with E-state index in [0.717, 1.165) is 0 Å². The summed E-state index contributed by atoms with van der Waals surface area (Å²) in [5, 5.41) is 27.1. The highest BCUT2D eigenvalue weighted by atomic mass is 16.5. The number of hydrogen-bond acceptors (Lipinski definition) is 8. The van der Waals surface area contributed by atoms with Gasteiger partial charge in [-0.15, -0.1) is 0 Å². The van der Waals surface area contributed by atoms with Gasteiger partial charge >= 0.3 is 0 Å². The van der Waals surface area contributed by atoms with E-state index in [0.29, 0.717) is 35.5 Å². The van der Waals surface area contributed by atoms with Crippen molar-refractivity contribution in [3.63, 3.8) is 0 Å². The second-order valence-corrected chi connectivity index (χ2v) is 6.66. The highest BCUT2D eigenvalue weighted by Gasteiger charge is 2.04. The molecule has 0 heterocycles. The van der Waals surface area contributed by atoms with E-state index >= 15 is 0 Å². The summed E-state index contributed by atoms with van der Waals surface area (Å²) in [4.78, 5) is 23.6. The molecule has 0 atom stereocenters. The molecule has 0 saturated heterocycles. The minimum atomic E-state index is -0.281. The summed E-state index contributed by atoms with van der Waals surface area (Å²) in [6.07, 6.45) is 4.26. The number of phenols is 2. The largest absolute Gasteiger partial charge is 0.504 e. The fourth-order valence-corrected chi connectivity index (χ4v) is 2.62. The minimum absolute atomic E-state index is 0.0208. The van der Waals surface area contributed by atoms with Gasteiger partial charge in [0.05, 0.1) is 26.6 Å². The third-order valence-electron chi connectivity index (χ3n) is 4.27. The average molecular weight is 442 g/mol. The van der Waals surface area contributed by atoms with Crippen molar-refractivity contribution in [1.29, 1.82) is 0 Å². The number of carbonyl (C=O) groups excluding carboxylic acids is 2. The molecule has 0 bridgehead atoms. The van der Waals surface area contributed by atoms with Gasteiger partial charge in [0.2, 0.25) is 11.8 Å². The SMILES string of the molecule is COc1ccc(C=NNC(=O)CCCCC(=O)NN=Cc2ccc(OC)c(O)c2)cc1O. The van der Waals surface area contributed by atoms with Crippen molar-refractivity contribution in [2.75, 3.05) is 14.2 Å². The monoisotopic (exact) mass is 442 g/mol. The lowest BCUT2D eigenvalue weighted by Gasteiger charge is -2.04. The summed E-state index contributed by atoms with van der Waals surface area (Å²) >= 11 is 0. The number of nitrogens with one attached hydrogen (secondary N) is 2. The van der Waals surface area contributed by atoms with Gasteiger partial charge < -0.3 is 19.7 Å². The van der Waals surface area contributed by atoms with Crippen LogP contribution in [0.25, 0.3) is 0 Å². The number of carbonyl (C=O) groups is 2. The van der Waals surface area contributed by atoms with E-state index in [1.165, 1.54) is 38.8 Å². The Bertz CT molecular complexity index is 911. The number of hydrogen-bond donors (Lipinski definition) is 4. The molecule has 0 aliphatic carbocycles. The molecule has 0 aromatic heterocycles. The maximum Gasteiger partial charge on any atom is 0.240 e. The number of methoxy groups -OCH3 is 2. The zero-order valence-electron chi connectivity index (χ0n) is 17.9. The van der Waals surface area contributed by atoms with Gasteiger partial charge in [-0.05, 0) is 60.4 Å². The first-order valence-corrected chi connectivity index (χ1v) is 9.80. The molecule has 4 N–H and O–H groups in total.